The maximum absolute atomic E-state index is 13.4. The maximum atomic E-state index is 13.4. The second-order valence-electron chi connectivity index (χ2n) is 4.40. The molecule has 0 aliphatic heterocycles. The number of hydrogen-bond acceptors (Lipinski definition) is 3. The van der Waals surface area contributed by atoms with E-state index in [0.717, 1.165) is 11.1 Å². The van der Waals surface area contributed by atoms with Gasteiger partial charge in [0.05, 0.1) is 13.2 Å². The third-order valence-corrected chi connectivity index (χ3v) is 3.08. The minimum Gasteiger partial charge on any atom is -0.496 e. The van der Waals surface area contributed by atoms with Gasteiger partial charge in [0, 0.05) is 5.56 Å². The van der Waals surface area contributed by atoms with Crippen LogP contribution in [0.3, 0.4) is 0 Å². The monoisotopic (exact) mass is 260 g/mol. The van der Waals surface area contributed by atoms with Crippen molar-refractivity contribution < 1.29 is 9.13 Å². The number of hydrazine groups is 1. The lowest BCUT2D eigenvalue weighted by molar-refractivity contribution is 0.402. The van der Waals surface area contributed by atoms with Crippen LogP contribution in [0.2, 0.25) is 0 Å². The van der Waals surface area contributed by atoms with Crippen molar-refractivity contribution in [1.82, 2.24) is 5.43 Å². The van der Waals surface area contributed by atoms with Crippen molar-refractivity contribution in [2.75, 3.05) is 7.11 Å². The van der Waals surface area contributed by atoms with E-state index in [1.54, 1.807) is 13.2 Å². The van der Waals surface area contributed by atoms with Crippen molar-refractivity contribution in [2.45, 2.75) is 13.0 Å². The number of nitrogens with one attached hydrogen (secondary N) is 1. The molecule has 0 saturated heterocycles. The number of methoxy groups -OCH3 is 1. The van der Waals surface area contributed by atoms with Gasteiger partial charge in [-0.25, -0.2) is 9.82 Å². The molecule has 3 N–H and O–H groups in total. The quantitative estimate of drug-likeness (QED) is 0.656. The highest BCUT2D eigenvalue weighted by molar-refractivity contribution is 5.42. The van der Waals surface area contributed by atoms with Gasteiger partial charge in [-0.05, 0) is 30.7 Å². The van der Waals surface area contributed by atoms with Crippen LogP contribution in [0, 0.1) is 12.7 Å². The topological polar surface area (TPSA) is 47.3 Å². The Morgan fingerprint density at radius 3 is 2.42 bits per heavy atom. The van der Waals surface area contributed by atoms with Crippen LogP contribution in [0.15, 0.2) is 42.5 Å². The zero-order chi connectivity index (χ0) is 13.8. The molecule has 19 heavy (non-hydrogen) atoms. The van der Waals surface area contributed by atoms with Gasteiger partial charge in [-0.2, -0.15) is 0 Å². The Balaban J connectivity index is 2.47. The van der Waals surface area contributed by atoms with Crippen molar-refractivity contribution in [3.8, 4) is 5.75 Å². The molecule has 0 saturated carbocycles. The predicted molar refractivity (Wildman–Crippen MR) is 73.3 cm³/mol. The fourth-order valence-corrected chi connectivity index (χ4v) is 2.06. The first-order valence-electron chi connectivity index (χ1n) is 6.02. The summed E-state index contributed by atoms with van der Waals surface area (Å²) < 4.78 is 18.7. The highest BCUT2D eigenvalue weighted by Gasteiger charge is 2.17. The molecule has 1 unspecified atom stereocenters. The number of nitrogens with two attached hydrogens (primary N) is 1. The van der Waals surface area contributed by atoms with E-state index >= 15 is 0 Å². The van der Waals surface area contributed by atoms with Crippen LogP contribution in [0.5, 0.6) is 5.75 Å². The lowest BCUT2D eigenvalue weighted by Gasteiger charge is -2.19. The summed E-state index contributed by atoms with van der Waals surface area (Å²) in [6.07, 6.45) is 0. The minimum atomic E-state index is -0.317. The summed E-state index contributed by atoms with van der Waals surface area (Å²) in [5.74, 6) is 5.91. The molecule has 2 aromatic carbocycles. The van der Waals surface area contributed by atoms with Crippen LogP contribution < -0.4 is 16.0 Å². The third kappa shape index (κ3) is 2.92. The standard InChI is InChI=1S/C15H17FN2O/c1-10-3-5-11(6-4-10)15(18-17)13-9-12(16)7-8-14(13)19-2/h3-9,15,18H,17H2,1-2H3. The number of benzene rings is 2. The summed E-state index contributed by atoms with van der Waals surface area (Å²) >= 11 is 0. The van der Waals surface area contributed by atoms with Crippen LogP contribution in [-0.2, 0) is 0 Å². The van der Waals surface area contributed by atoms with Crippen molar-refractivity contribution in [3.05, 3.63) is 65.0 Å². The van der Waals surface area contributed by atoms with E-state index in [9.17, 15) is 4.39 Å². The highest BCUT2D eigenvalue weighted by atomic mass is 19.1. The van der Waals surface area contributed by atoms with Crippen LogP contribution in [-0.4, -0.2) is 7.11 Å². The molecule has 0 aliphatic carbocycles. The Labute approximate surface area is 112 Å². The van der Waals surface area contributed by atoms with Crippen LogP contribution >= 0.6 is 0 Å². The SMILES string of the molecule is COc1ccc(F)cc1C(NN)c1ccc(C)cc1. The zero-order valence-electron chi connectivity index (χ0n) is 11.0. The number of hydrogen-bond donors (Lipinski definition) is 2. The molecule has 0 fully saturated rings. The molecule has 1 atom stereocenters. The fraction of sp³-hybridized carbons (Fsp3) is 0.200. The molecule has 0 aliphatic rings. The first-order valence-corrected chi connectivity index (χ1v) is 6.02. The lowest BCUT2D eigenvalue weighted by Crippen LogP contribution is -2.29. The molecule has 0 radical (unpaired) electrons. The third-order valence-electron chi connectivity index (χ3n) is 3.08. The molecule has 100 valence electrons. The van der Waals surface area contributed by atoms with Gasteiger partial charge in [-0.3, -0.25) is 5.84 Å². The van der Waals surface area contributed by atoms with Gasteiger partial charge in [0.2, 0.25) is 0 Å². The summed E-state index contributed by atoms with van der Waals surface area (Å²) in [5.41, 5.74) is 5.50. The lowest BCUT2D eigenvalue weighted by atomic mass is 9.97. The Morgan fingerprint density at radius 1 is 1.16 bits per heavy atom. The Morgan fingerprint density at radius 2 is 1.84 bits per heavy atom. The second kappa shape index (κ2) is 5.82. The van der Waals surface area contributed by atoms with E-state index < -0.39 is 0 Å². The van der Waals surface area contributed by atoms with Crippen molar-refractivity contribution in [3.63, 3.8) is 0 Å². The maximum Gasteiger partial charge on any atom is 0.124 e. The van der Waals surface area contributed by atoms with Gasteiger partial charge >= 0.3 is 0 Å². The van der Waals surface area contributed by atoms with Gasteiger partial charge in [0.15, 0.2) is 0 Å². The first-order chi connectivity index (χ1) is 9.15. The van der Waals surface area contributed by atoms with E-state index in [4.69, 9.17) is 10.6 Å². The van der Waals surface area contributed by atoms with Gasteiger partial charge in [-0.15, -0.1) is 0 Å². The summed E-state index contributed by atoms with van der Waals surface area (Å²) in [7, 11) is 1.56. The fourth-order valence-electron chi connectivity index (χ4n) is 2.06. The summed E-state index contributed by atoms with van der Waals surface area (Å²) in [4.78, 5) is 0. The molecule has 0 amide bonds. The molecule has 0 bridgehead atoms. The average Bonchev–Trinajstić information content (AvgIpc) is 2.42. The van der Waals surface area contributed by atoms with Crippen molar-refractivity contribution >= 4 is 0 Å². The predicted octanol–water partition coefficient (Wildman–Crippen LogP) is 2.70. The molecule has 3 nitrogen and oxygen atoms in total. The van der Waals surface area contributed by atoms with Crippen LogP contribution in [0.4, 0.5) is 4.39 Å². The second-order valence-corrected chi connectivity index (χ2v) is 4.40. The average molecular weight is 260 g/mol. The molecule has 2 aromatic rings. The van der Waals surface area contributed by atoms with Gasteiger partial charge in [-0.1, -0.05) is 29.8 Å². The zero-order valence-corrected chi connectivity index (χ0v) is 11.0. The normalized spacial score (nSPS) is 12.2. The summed E-state index contributed by atoms with van der Waals surface area (Å²) in [6.45, 7) is 2.01. The van der Waals surface area contributed by atoms with Gasteiger partial charge in [0.1, 0.15) is 11.6 Å². The molecule has 0 heterocycles. The molecule has 4 heteroatoms. The molecule has 0 aromatic heterocycles. The number of rotatable bonds is 4. The Kier molecular flexibility index (Phi) is 4.14. The minimum absolute atomic E-state index is 0.314. The van der Waals surface area contributed by atoms with Crippen LogP contribution in [0.1, 0.15) is 22.7 Å². The number of aryl methyl sites for hydroxylation is 1. The highest BCUT2D eigenvalue weighted by Crippen LogP contribution is 2.30. The number of ether oxygens (including phenoxy) is 1. The molecule has 0 spiro atoms. The Hall–Kier alpha value is -1.91. The van der Waals surface area contributed by atoms with E-state index in [-0.39, 0.29) is 11.9 Å². The van der Waals surface area contributed by atoms with E-state index in [0.29, 0.717) is 11.3 Å². The summed E-state index contributed by atoms with van der Waals surface area (Å²) in [5, 5.41) is 0. The van der Waals surface area contributed by atoms with E-state index in [1.165, 1.54) is 12.1 Å². The van der Waals surface area contributed by atoms with Crippen molar-refractivity contribution in [2.24, 2.45) is 5.84 Å². The first kappa shape index (κ1) is 13.5. The largest absolute Gasteiger partial charge is 0.496 e. The summed E-state index contributed by atoms with van der Waals surface area (Å²) in [6, 6.07) is 12.0. The van der Waals surface area contributed by atoms with Crippen LogP contribution in [0.25, 0.3) is 0 Å². The van der Waals surface area contributed by atoms with Crippen molar-refractivity contribution in [1.29, 1.82) is 0 Å². The van der Waals surface area contributed by atoms with Gasteiger partial charge < -0.3 is 4.74 Å². The Bertz CT molecular complexity index is 555. The molecular weight excluding hydrogens is 243 g/mol. The van der Waals surface area contributed by atoms with E-state index in [1.807, 2.05) is 31.2 Å². The molecular formula is C15H17FN2O. The number of halogens is 1. The molecule has 2 rings (SSSR count). The smallest absolute Gasteiger partial charge is 0.124 e. The van der Waals surface area contributed by atoms with E-state index in [2.05, 4.69) is 5.43 Å². The van der Waals surface area contributed by atoms with Gasteiger partial charge in [0.25, 0.3) is 0 Å².